The predicted octanol–water partition coefficient (Wildman–Crippen LogP) is 1.02. The Hall–Kier alpha value is -1.69. The van der Waals surface area contributed by atoms with Crippen molar-refractivity contribution in [2.24, 2.45) is 10.7 Å². The highest BCUT2D eigenvalue weighted by atomic mass is 32.3. The topological polar surface area (TPSA) is 122 Å². The van der Waals surface area contributed by atoms with Crippen molar-refractivity contribution in [1.82, 2.24) is 0 Å². The lowest BCUT2D eigenvalue weighted by Crippen LogP contribution is -2.45. The van der Waals surface area contributed by atoms with Gasteiger partial charge in [-0.3, -0.25) is 14.1 Å². The lowest BCUT2D eigenvalue weighted by atomic mass is 9.90. The van der Waals surface area contributed by atoms with E-state index in [2.05, 4.69) is 4.99 Å². The van der Waals surface area contributed by atoms with Gasteiger partial charge in [0.25, 0.3) is 6.43 Å². The van der Waals surface area contributed by atoms with Crippen molar-refractivity contribution in [3.05, 3.63) is 35.6 Å². The number of ether oxygens (including phenoxy) is 1. The van der Waals surface area contributed by atoms with Crippen LogP contribution in [0.5, 0.6) is 0 Å². The Bertz CT molecular complexity index is 645. The van der Waals surface area contributed by atoms with Crippen LogP contribution in [0.2, 0.25) is 0 Å². The first-order valence-corrected chi connectivity index (χ1v) is 7.11. The highest BCUT2D eigenvalue weighted by Crippen LogP contribution is 2.36. The molecular weight excluding hydrogens is 329 g/mol. The average Bonchev–Trinajstić information content (AvgIpc) is 2.37. The van der Waals surface area contributed by atoms with Crippen LogP contribution in [0.3, 0.4) is 0 Å². The number of rotatable bonds is 2. The molecule has 2 rings (SSSR count). The zero-order valence-electron chi connectivity index (χ0n) is 11.0. The van der Waals surface area contributed by atoms with Gasteiger partial charge in [-0.15, -0.1) is 0 Å². The van der Waals surface area contributed by atoms with E-state index in [1.807, 2.05) is 0 Å². The minimum Gasteiger partial charge on any atom is -0.385 e. The SMILES string of the molecule is NC1=N[C@@](c2ccccc2F)(C(F)F)COC1.O=S(=O)(O)O. The second-order valence-electron chi connectivity index (χ2n) is 4.25. The number of nitrogens with two attached hydrogens (primary N) is 1. The van der Waals surface area contributed by atoms with Crippen molar-refractivity contribution in [1.29, 1.82) is 0 Å². The third kappa shape index (κ3) is 4.94. The van der Waals surface area contributed by atoms with Crippen LogP contribution in [-0.2, 0) is 20.7 Å². The molecule has 4 N–H and O–H groups in total. The largest absolute Gasteiger partial charge is 0.394 e. The molecule has 1 aromatic rings. The molecule has 7 nitrogen and oxygen atoms in total. The molecule has 0 fully saturated rings. The number of hydrogen-bond acceptors (Lipinski definition) is 5. The van der Waals surface area contributed by atoms with Gasteiger partial charge in [0.05, 0.1) is 6.61 Å². The van der Waals surface area contributed by atoms with Crippen LogP contribution < -0.4 is 5.73 Å². The Kier molecular flexibility index (Phi) is 5.88. The first-order valence-electron chi connectivity index (χ1n) is 5.71. The molecule has 0 aromatic heterocycles. The summed E-state index contributed by atoms with van der Waals surface area (Å²) in [5.74, 6) is -0.797. The first-order chi connectivity index (χ1) is 10.1. The molecule has 1 aromatic carbocycles. The van der Waals surface area contributed by atoms with E-state index in [9.17, 15) is 13.2 Å². The second-order valence-corrected chi connectivity index (χ2v) is 5.14. The molecule has 1 aliphatic heterocycles. The number of aliphatic imine (C=N–C) groups is 1. The van der Waals surface area contributed by atoms with E-state index in [-0.39, 0.29) is 24.6 Å². The lowest BCUT2D eigenvalue weighted by Gasteiger charge is -2.33. The molecule has 124 valence electrons. The van der Waals surface area contributed by atoms with Crippen LogP contribution >= 0.6 is 0 Å². The number of amidine groups is 1. The summed E-state index contributed by atoms with van der Waals surface area (Å²) in [5, 5.41) is 0. The van der Waals surface area contributed by atoms with Crippen LogP contribution in [-0.4, -0.2) is 43.0 Å². The molecule has 0 unspecified atom stereocenters. The quantitative estimate of drug-likeness (QED) is 0.690. The van der Waals surface area contributed by atoms with Gasteiger partial charge in [0.15, 0.2) is 5.54 Å². The van der Waals surface area contributed by atoms with Gasteiger partial charge >= 0.3 is 10.4 Å². The maximum Gasteiger partial charge on any atom is 0.394 e. The van der Waals surface area contributed by atoms with Crippen LogP contribution in [0.4, 0.5) is 13.2 Å². The van der Waals surface area contributed by atoms with Gasteiger partial charge in [-0.05, 0) is 6.07 Å². The number of hydrogen-bond donors (Lipinski definition) is 3. The van der Waals surface area contributed by atoms with Crippen molar-refractivity contribution in [2.75, 3.05) is 13.2 Å². The smallest absolute Gasteiger partial charge is 0.385 e. The fraction of sp³-hybridized carbons (Fsp3) is 0.364. The average molecular weight is 342 g/mol. The zero-order chi connectivity index (χ0) is 17.0. The minimum atomic E-state index is -4.67. The summed E-state index contributed by atoms with van der Waals surface area (Å²) in [7, 11) is -4.67. The van der Waals surface area contributed by atoms with Crippen molar-refractivity contribution < 1.29 is 35.4 Å². The van der Waals surface area contributed by atoms with Crippen molar-refractivity contribution >= 4 is 16.2 Å². The van der Waals surface area contributed by atoms with E-state index >= 15 is 0 Å². The Balaban J connectivity index is 0.000000422. The number of halogens is 3. The van der Waals surface area contributed by atoms with Crippen molar-refractivity contribution in [2.45, 2.75) is 12.0 Å². The lowest BCUT2D eigenvalue weighted by molar-refractivity contribution is -0.0146. The zero-order valence-corrected chi connectivity index (χ0v) is 11.8. The van der Waals surface area contributed by atoms with E-state index in [4.69, 9.17) is 28.0 Å². The Morgan fingerprint density at radius 3 is 2.32 bits per heavy atom. The Morgan fingerprint density at radius 2 is 1.86 bits per heavy atom. The highest BCUT2D eigenvalue weighted by Gasteiger charge is 2.46. The fourth-order valence-corrected chi connectivity index (χ4v) is 1.81. The van der Waals surface area contributed by atoms with E-state index in [0.29, 0.717) is 0 Å². The van der Waals surface area contributed by atoms with Crippen LogP contribution in [0.1, 0.15) is 5.56 Å². The summed E-state index contributed by atoms with van der Waals surface area (Å²) in [6.45, 7) is -0.394. The van der Waals surface area contributed by atoms with Gasteiger partial charge < -0.3 is 10.5 Å². The van der Waals surface area contributed by atoms with Crippen molar-refractivity contribution in [3.8, 4) is 0 Å². The van der Waals surface area contributed by atoms with Crippen LogP contribution in [0.15, 0.2) is 29.3 Å². The summed E-state index contributed by atoms with van der Waals surface area (Å²) in [6, 6.07) is 5.28. The second kappa shape index (κ2) is 7.05. The molecule has 0 amide bonds. The molecule has 11 heteroatoms. The maximum absolute atomic E-state index is 13.6. The van der Waals surface area contributed by atoms with E-state index in [1.165, 1.54) is 18.2 Å². The summed E-state index contributed by atoms with van der Waals surface area (Å²) >= 11 is 0. The molecule has 0 saturated carbocycles. The molecule has 0 aliphatic carbocycles. The normalized spacial score (nSPS) is 21.8. The monoisotopic (exact) mass is 342 g/mol. The Labute approximate surface area is 124 Å². The third-order valence-corrected chi connectivity index (χ3v) is 2.62. The molecule has 22 heavy (non-hydrogen) atoms. The van der Waals surface area contributed by atoms with Crippen LogP contribution in [0, 0.1) is 5.82 Å². The number of alkyl halides is 2. The van der Waals surface area contributed by atoms with Gasteiger partial charge in [0, 0.05) is 5.56 Å². The number of nitrogens with zero attached hydrogens (tertiary/aromatic N) is 1. The van der Waals surface area contributed by atoms with Gasteiger partial charge in [0.2, 0.25) is 0 Å². The van der Waals surface area contributed by atoms with Crippen LogP contribution in [0.25, 0.3) is 0 Å². The molecule has 0 spiro atoms. The molecule has 1 aliphatic rings. The fourth-order valence-electron chi connectivity index (χ4n) is 1.81. The first kappa shape index (κ1) is 18.4. The minimum absolute atomic E-state index is 0.0110. The Morgan fingerprint density at radius 1 is 1.32 bits per heavy atom. The number of benzene rings is 1. The predicted molar refractivity (Wildman–Crippen MR) is 70.7 cm³/mol. The summed E-state index contributed by atoms with van der Waals surface area (Å²) in [6.07, 6.45) is -2.89. The molecule has 1 atom stereocenters. The maximum atomic E-state index is 13.6. The van der Waals surface area contributed by atoms with E-state index < -0.39 is 28.2 Å². The van der Waals surface area contributed by atoms with Crippen molar-refractivity contribution in [3.63, 3.8) is 0 Å². The highest BCUT2D eigenvalue weighted by molar-refractivity contribution is 7.79. The summed E-state index contributed by atoms with van der Waals surface area (Å²) in [5.41, 5.74) is 3.17. The van der Waals surface area contributed by atoms with E-state index in [0.717, 1.165) is 6.07 Å². The molecule has 0 bridgehead atoms. The van der Waals surface area contributed by atoms with E-state index in [1.54, 1.807) is 0 Å². The van der Waals surface area contributed by atoms with Gasteiger partial charge in [-0.25, -0.2) is 13.2 Å². The molecule has 1 heterocycles. The standard InChI is InChI=1S/C11H11F3N2O.H2O4S/c12-8-4-2-1-3-7(8)11(10(13)14)6-17-5-9(15)16-11;1-5(2,3)4/h1-4,10H,5-6H2,(H2,15,16);(H2,1,2,3,4)/t11-;/m0./s1. The van der Waals surface area contributed by atoms with Gasteiger partial charge in [-0.2, -0.15) is 8.42 Å². The summed E-state index contributed by atoms with van der Waals surface area (Å²) in [4.78, 5) is 3.72. The molecular formula is C11H13F3N2O5S. The third-order valence-electron chi connectivity index (χ3n) is 2.62. The molecule has 0 saturated heterocycles. The summed E-state index contributed by atoms with van der Waals surface area (Å²) < 4.78 is 76.6. The molecule has 0 radical (unpaired) electrons. The van der Waals surface area contributed by atoms with Gasteiger partial charge in [-0.1, -0.05) is 18.2 Å². The van der Waals surface area contributed by atoms with Gasteiger partial charge in [0.1, 0.15) is 18.3 Å².